The number of nitrogens with zero attached hydrogens (tertiary/aromatic N) is 1. The quantitative estimate of drug-likeness (QED) is 0.678. The fourth-order valence-electron chi connectivity index (χ4n) is 2.66. The van der Waals surface area contributed by atoms with E-state index in [9.17, 15) is 4.79 Å². The third-order valence-corrected chi connectivity index (χ3v) is 4.19. The molecule has 0 saturated carbocycles. The third-order valence-electron chi connectivity index (χ3n) is 4.19. The Morgan fingerprint density at radius 2 is 1.71 bits per heavy atom. The van der Waals surface area contributed by atoms with Crippen LogP contribution in [0.15, 0.2) is 72.8 Å². The van der Waals surface area contributed by atoms with Gasteiger partial charge >= 0.3 is 0 Å². The Labute approximate surface area is 164 Å². The van der Waals surface area contributed by atoms with Gasteiger partial charge in [0.15, 0.2) is 11.5 Å². The van der Waals surface area contributed by atoms with Gasteiger partial charge in [0.05, 0.1) is 18.7 Å². The molecule has 0 radical (unpaired) electrons. The average molecular weight is 372 g/mol. The standard InChI is InChI=1S/C23H20N2O3/c1-27-22-13-19(9-12-21(22)28-16-18-5-3-2-4-6-18)15-25-23(26)20-10-7-17(14-24)8-11-20/h2-13H,15-16H2,1H3,(H,25,26). The maximum atomic E-state index is 12.2. The largest absolute Gasteiger partial charge is 0.493 e. The molecule has 0 unspecified atom stereocenters. The molecule has 0 fully saturated rings. The van der Waals surface area contributed by atoms with E-state index >= 15 is 0 Å². The van der Waals surface area contributed by atoms with Crippen LogP contribution in [-0.4, -0.2) is 13.0 Å². The van der Waals surface area contributed by atoms with Crippen molar-refractivity contribution in [3.05, 3.63) is 95.1 Å². The summed E-state index contributed by atoms with van der Waals surface area (Å²) in [6.07, 6.45) is 0. The highest BCUT2D eigenvalue weighted by Crippen LogP contribution is 2.28. The zero-order chi connectivity index (χ0) is 19.8. The van der Waals surface area contributed by atoms with E-state index in [1.807, 2.05) is 54.6 Å². The van der Waals surface area contributed by atoms with E-state index in [0.29, 0.717) is 35.8 Å². The maximum absolute atomic E-state index is 12.2. The Morgan fingerprint density at radius 3 is 2.39 bits per heavy atom. The highest BCUT2D eigenvalue weighted by molar-refractivity contribution is 5.94. The van der Waals surface area contributed by atoms with Crippen molar-refractivity contribution in [3.63, 3.8) is 0 Å². The first-order valence-electron chi connectivity index (χ1n) is 8.81. The molecule has 0 bridgehead atoms. The molecule has 0 saturated heterocycles. The minimum Gasteiger partial charge on any atom is -0.493 e. The van der Waals surface area contributed by atoms with E-state index in [2.05, 4.69) is 5.32 Å². The summed E-state index contributed by atoms with van der Waals surface area (Å²) in [5.41, 5.74) is 3.00. The van der Waals surface area contributed by atoms with Crippen molar-refractivity contribution in [2.45, 2.75) is 13.2 Å². The summed E-state index contributed by atoms with van der Waals surface area (Å²) in [4.78, 5) is 12.2. The number of hydrogen-bond acceptors (Lipinski definition) is 4. The summed E-state index contributed by atoms with van der Waals surface area (Å²) in [7, 11) is 1.59. The summed E-state index contributed by atoms with van der Waals surface area (Å²) in [5, 5.41) is 11.7. The Kier molecular flexibility index (Phi) is 6.27. The van der Waals surface area contributed by atoms with E-state index < -0.39 is 0 Å². The van der Waals surface area contributed by atoms with Crippen LogP contribution < -0.4 is 14.8 Å². The van der Waals surface area contributed by atoms with Gasteiger partial charge in [-0.05, 0) is 47.5 Å². The highest BCUT2D eigenvalue weighted by atomic mass is 16.5. The van der Waals surface area contributed by atoms with Gasteiger partial charge in [-0.3, -0.25) is 4.79 Å². The molecular weight excluding hydrogens is 352 g/mol. The first-order chi connectivity index (χ1) is 13.7. The van der Waals surface area contributed by atoms with Gasteiger partial charge < -0.3 is 14.8 Å². The number of ether oxygens (including phenoxy) is 2. The van der Waals surface area contributed by atoms with Gasteiger partial charge in [0.2, 0.25) is 0 Å². The molecule has 0 aromatic heterocycles. The van der Waals surface area contributed by atoms with Gasteiger partial charge in [-0.2, -0.15) is 5.26 Å². The van der Waals surface area contributed by atoms with Gasteiger partial charge in [0.25, 0.3) is 5.91 Å². The predicted molar refractivity (Wildman–Crippen MR) is 106 cm³/mol. The number of carbonyl (C=O) groups is 1. The third kappa shape index (κ3) is 4.89. The van der Waals surface area contributed by atoms with Gasteiger partial charge in [0, 0.05) is 12.1 Å². The van der Waals surface area contributed by atoms with Crippen LogP contribution in [0.5, 0.6) is 11.5 Å². The second kappa shape index (κ2) is 9.24. The maximum Gasteiger partial charge on any atom is 0.251 e. The van der Waals surface area contributed by atoms with Gasteiger partial charge in [-0.1, -0.05) is 36.4 Å². The van der Waals surface area contributed by atoms with E-state index in [0.717, 1.165) is 11.1 Å². The summed E-state index contributed by atoms with van der Waals surface area (Å²) in [5.74, 6) is 1.06. The van der Waals surface area contributed by atoms with Crippen LogP contribution >= 0.6 is 0 Å². The molecule has 5 heteroatoms. The molecule has 0 atom stereocenters. The number of amides is 1. The average Bonchev–Trinajstić information content (AvgIpc) is 2.77. The minimum absolute atomic E-state index is 0.201. The van der Waals surface area contributed by atoms with E-state index in [1.165, 1.54) is 0 Å². The van der Waals surface area contributed by atoms with Crippen molar-refractivity contribution in [2.24, 2.45) is 0 Å². The smallest absolute Gasteiger partial charge is 0.251 e. The van der Waals surface area contributed by atoms with Crippen LogP contribution in [0.25, 0.3) is 0 Å². The van der Waals surface area contributed by atoms with E-state index in [4.69, 9.17) is 14.7 Å². The van der Waals surface area contributed by atoms with Crippen molar-refractivity contribution in [2.75, 3.05) is 7.11 Å². The number of nitriles is 1. The molecule has 0 aliphatic carbocycles. The van der Waals surface area contributed by atoms with Crippen LogP contribution in [0, 0.1) is 11.3 Å². The number of hydrogen-bond donors (Lipinski definition) is 1. The number of methoxy groups -OCH3 is 1. The van der Waals surface area contributed by atoms with Crippen molar-refractivity contribution in [1.29, 1.82) is 5.26 Å². The monoisotopic (exact) mass is 372 g/mol. The lowest BCUT2D eigenvalue weighted by Crippen LogP contribution is -2.22. The molecule has 0 heterocycles. The van der Waals surface area contributed by atoms with Gasteiger partial charge in [0.1, 0.15) is 6.61 Å². The normalized spacial score (nSPS) is 10.0. The lowest BCUT2D eigenvalue weighted by molar-refractivity contribution is 0.0951. The molecule has 1 amide bonds. The number of carbonyl (C=O) groups excluding carboxylic acids is 1. The van der Waals surface area contributed by atoms with Gasteiger partial charge in [-0.25, -0.2) is 0 Å². The fraction of sp³-hybridized carbons (Fsp3) is 0.130. The molecular formula is C23H20N2O3. The van der Waals surface area contributed by atoms with Crippen molar-refractivity contribution < 1.29 is 14.3 Å². The Hall–Kier alpha value is -3.78. The Bertz CT molecular complexity index is 977. The SMILES string of the molecule is COc1cc(CNC(=O)c2ccc(C#N)cc2)ccc1OCc1ccccc1. The molecule has 3 aromatic rings. The molecule has 0 aliphatic rings. The first-order valence-corrected chi connectivity index (χ1v) is 8.81. The van der Waals surface area contributed by atoms with Crippen LogP contribution in [0.4, 0.5) is 0 Å². The second-order valence-corrected chi connectivity index (χ2v) is 6.13. The highest BCUT2D eigenvalue weighted by Gasteiger charge is 2.09. The van der Waals surface area contributed by atoms with Crippen molar-refractivity contribution in [3.8, 4) is 17.6 Å². The second-order valence-electron chi connectivity index (χ2n) is 6.13. The van der Waals surface area contributed by atoms with Crippen LogP contribution in [0.1, 0.15) is 27.0 Å². The Balaban J connectivity index is 1.61. The molecule has 0 spiro atoms. The zero-order valence-electron chi connectivity index (χ0n) is 15.5. The van der Waals surface area contributed by atoms with Crippen molar-refractivity contribution in [1.82, 2.24) is 5.32 Å². The summed E-state index contributed by atoms with van der Waals surface area (Å²) < 4.78 is 11.3. The summed E-state index contributed by atoms with van der Waals surface area (Å²) >= 11 is 0. The number of benzene rings is 3. The first kappa shape index (κ1) is 19.0. The molecule has 3 aromatic carbocycles. The fourth-order valence-corrected chi connectivity index (χ4v) is 2.66. The van der Waals surface area contributed by atoms with Gasteiger partial charge in [-0.15, -0.1) is 0 Å². The number of rotatable bonds is 7. The van der Waals surface area contributed by atoms with Crippen LogP contribution in [0.3, 0.4) is 0 Å². The van der Waals surface area contributed by atoms with Crippen LogP contribution in [-0.2, 0) is 13.2 Å². The lowest BCUT2D eigenvalue weighted by atomic mass is 10.1. The Morgan fingerprint density at radius 1 is 0.964 bits per heavy atom. The number of nitrogens with one attached hydrogen (secondary N) is 1. The molecule has 0 aliphatic heterocycles. The lowest BCUT2D eigenvalue weighted by Gasteiger charge is -2.13. The molecule has 140 valence electrons. The van der Waals surface area contributed by atoms with Crippen molar-refractivity contribution >= 4 is 5.91 Å². The van der Waals surface area contributed by atoms with E-state index in [1.54, 1.807) is 31.4 Å². The predicted octanol–water partition coefficient (Wildman–Crippen LogP) is 4.08. The molecule has 1 N–H and O–H groups in total. The topological polar surface area (TPSA) is 71.3 Å². The minimum atomic E-state index is -0.201. The zero-order valence-corrected chi connectivity index (χ0v) is 15.5. The summed E-state index contributed by atoms with van der Waals surface area (Å²) in [6.45, 7) is 0.806. The molecule has 5 nitrogen and oxygen atoms in total. The van der Waals surface area contributed by atoms with Crippen LogP contribution in [0.2, 0.25) is 0 Å². The molecule has 3 rings (SSSR count). The van der Waals surface area contributed by atoms with E-state index in [-0.39, 0.29) is 5.91 Å². The summed E-state index contributed by atoms with van der Waals surface area (Å²) in [6, 6.07) is 24.0. The molecule has 28 heavy (non-hydrogen) atoms.